The molecule has 62 valence electrons. The molecule has 1 unspecified atom stereocenters. The molecule has 0 aromatic heterocycles. The van der Waals surface area contributed by atoms with Gasteiger partial charge < -0.3 is 9.94 Å². The number of oxime groups is 1. The van der Waals surface area contributed by atoms with Crippen LogP contribution in [0.3, 0.4) is 0 Å². The minimum Gasteiger partial charge on any atom is -0.345 e. The van der Waals surface area contributed by atoms with Crippen LogP contribution < -0.4 is 0 Å². The van der Waals surface area contributed by atoms with Crippen molar-refractivity contribution in [3.8, 4) is 0 Å². The molecule has 1 atom stereocenters. The van der Waals surface area contributed by atoms with Crippen molar-refractivity contribution in [3.05, 3.63) is 12.2 Å². The summed E-state index contributed by atoms with van der Waals surface area (Å²) in [7, 11) is 0. The van der Waals surface area contributed by atoms with Gasteiger partial charge in [-0.3, -0.25) is 0 Å². The van der Waals surface area contributed by atoms with Crippen LogP contribution in [0.4, 0.5) is 13.2 Å². The van der Waals surface area contributed by atoms with Crippen molar-refractivity contribution in [1.29, 1.82) is 0 Å². The second-order valence-electron chi connectivity index (χ2n) is 1.99. The molecule has 1 heterocycles. The smallest absolute Gasteiger partial charge is 0.345 e. The molecule has 1 aliphatic rings. The van der Waals surface area contributed by atoms with Gasteiger partial charge in [-0.2, -0.15) is 13.2 Å². The number of hydrogen-bond donors (Lipinski definition) is 1. The molecule has 0 saturated heterocycles. The van der Waals surface area contributed by atoms with Crippen LogP contribution in [-0.4, -0.2) is 23.3 Å². The van der Waals surface area contributed by atoms with E-state index in [0.29, 0.717) is 6.21 Å². The van der Waals surface area contributed by atoms with Crippen LogP contribution in [0.1, 0.15) is 0 Å². The van der Waals surface area contributed by atoms with Crippen LogP contribution in [0.2, 0.25) is 0 Å². The number of rotatable bonds is 0. The fourth-order valence-corrected chi connectivity index (χ4v) is 0.546. The van der Waals surface area contributed by atoms with Gasteiger partial charge in [0.05, 0.1) is 6.21 Å². The minimum atomic E-state index is -4.90. The van der Waals surface area contributed by atoms with Gasteiger partial charge in [0, 0.05) is 5.57 Å². The highest BCUT2D eigenvalue weighted by molar-refractivity contribution is 5.81. The Morgan fingerprint density at radius 1 is 1.64 bits per heavy atom. The molecule has 11 heavy (non-hydrogen) atoms. The standard InChI is InChI=1S/C5H4F3NO2/c1-3-2-9-11-4(3,10)5(6,7)8/h2,10H,1H2. The Labute approximate surface area is 59.8 Å². The maximum absolute atomic E-state index is 11.9. The molecule has 6 heteroatoms. The molecule has 0 aromatic carbocycles. The Hall–Kier alpha value is -1.04. The maximum atomic E-state index is 11.9. The Morgan fingerprint density at radius 3 is 2.36 bits per heavy atom. The number of nitrogens with zero attached hydrogens (tertiary/aromatic N) is 1. The molecule has 0 fully saturated rings. The molecule has 0 radical (unpaired) electrons. The second kappa shape index (κ2) is 1.97. The van der Waals surface area contributed by atoms with Gasteiger partial charge >= 0.3 is 12.0 Å². The Kier molecular flexibility index (Phi) is 1.45. The summed E-state index contributed by atoms with van der Waals surface area (Å²) in [4.78, 5) is 3.72. The second-order valence-corrected chi connectivity index (χ2v) is 1.99. The summed E-state index contributed by atoms with van der Waals surface area (Å²) in [5.74, 6) is -3.33. The SMILES string of the molecule is C=C1C=NOC1(O)C(F)(F)F. The maximum Gasteiger partial charge on any atom is 0.462 e. The van der Waals surface area contributed by atoms with E-state index < -0.39 is 17.5 Å². The first-order valence-corrected chi connectivity index (χ1v) is 2.58. The predicted octanol–water partition coefficient (Wildman–Crippen LogP) is 0.809. The van der Waals surface area contributed by atoms with Gasteiger partial charge in [-0.15, -0.1) is 0 Å². The van der Waals surface area contributed by atoms with E-state index in [1.165, 1.54) is 0 Å². The highest BCUT2D eigenvalue weighted by Gasteiger charge is 2.61. The van der Waals surface area contributed by atoms with Gasteiger partial charge in [-0.1, -0.05) is 11.7 Å². The molecule has 0 bridgehead atoms. The first-order chi connectivity index (χ1) is 4.88. The van der Waals surface area contributed by atoms with E-state index in [2.05, 4.69) is 16.6 Å². The van der Waals surface area contributed by atoms with Crippen LogP contribution in [0, 0.1) is 0 Å². The topological polar surface area (TPSA) is 41.8 Å². The molecule has 1 N–H and O–H groups in total. The molecule has 0 saturated carbocycles. The third-order valence-corrected chi connectivity index (χ3v) is 1.21. The van der Waals surface area contributed by atoms with Crippen molar-refractivity contribution in [1.82, 2.24) is 0 Å². The van der Waals surface area contributed by atoms with Crippen LogP contribution in [0.25, 0.3) is 0 Å². The summed E-state index contributed by atoms with van der Waals surface area (Å²) >= 11 is 0. The summed E-state index contributed by atoms with van der Waals surface area (Å²) in [6.07, 6.45) is -4.19. The molecule has 0 spiro atoms. The third kappa shape index (κ3) is 0.988. The fraction of sp³-hybridized carbons (Fsp3) is 0.400. The van der Waals surface area contributed by atoms with Gasteiger partial charge in [-0.05, 0) is 0 Å². The summed E-state index contributed by atoms with van der Waals surface area (Å²) < 4.78 is 35.6. The van der Waals surface area contributed by atoms with Crippen LogP contribution in [0.5, 0.6) is 0 Å². The van der Waals surface area contributed by atoms with Crippen molar-refractivity contribution in [2.24, 2.45) is 5.16 Å². The molecular formula is C5H4F3NO2. The molecular weight excluding hydrogens is 163 g/mol. The predicted molar refractivity (Wildman–Crippen MR) is 29.7 cm³/mol. The minimum absolute atomic E-state index is 0.620. The Bertz CT molecular complexity index is 222. The zero-order chi connectivity index (χ0) is 8.70. The van der Waals surface area contributed by atoms with Gasteiger partial charge in [0.1, 0.15) is 0 Å². The lowest BCUT2D eigenvalue weighted by Crippen LogP contribution is -2.45. The van der Waals surface area contributed by atoms with Crippen molar-refractivity contribution >= 4 is 6.21 Å². The summed E-state index contributed by atoms with van der Waals surface area (Å²) in [5.41, 5.74) is -0.620. The highest BCUT2D eigenvalue weighted by Crippen LogP contribution is 2.38. The average Bonchev–Trinajstić information content (AvgIpc) is 2.12. The van der Waals surface area contributed by atoms with Crippen molar-refractivity contribution in [3.63, 3.8) is 0 Å². The van der Waals surface area contributed by atoms with Crippen molar-refractivity contribution in [2.45, 2.75) is 12.0 Å². The fourth-order valence-electron chi connectivity index (χ4n) is 0.546. The van der Waals surface area contributed by atoms with Gasteiger partial charge in [-0.25, -0.2) is 0 Å². The molecule has 0 aromatic rings. The molecule has 0 amide bonds. The largest absolute Gasteiger partial charge is 0.462 e. The monoisotopic (exact) mass is 167 g/mol. The lowest BCUT2D eigenvalue weighted by molar-refractivity contribution is -0.338. The number of hydrogen-bond acceptors (Lipinski definition) is 3. The summed E-state index contributed by atoms with van der Waals surface area (Å²) in [5, 5.41) is 11.5. The molecule has 1 aliphatic heterocycles. The van der Waals surface area contributed by atoms with E-state index in [1.807, 2.05) is 0 Å². The van der Waals surface area contributed by atoms with E-state index in [-0.39, 0.29) is 0 Å². The Morgan fingerprint density at radius 2 is 2.18 bits per heavy atom. The lowest BCUT2D eigenvalue weighted by Gasteiger charge is -2.22. The lowest BCUT2D eigenvalue weighted by atomic mass is 10.1. The number of alkyl halides is 3. The van der Waals surface area contributed by atoms with Crippen LogP contribution in [0.15, 0.2) is 17.3 Å². The van der Waals surface area contributed by atoms with Crippen molar-refractivity contribution in [2.75, 3.05) is 0 Å². The normalized spacial score (nSPS) is 30.7. The Balaban J connectivity index is 2.94. The molecule has 1 rings (SSSR count). The molecule has 3 nitrogen and oxygen atoms in total. The third-order valence-electron chi connectivity index (χ3n) is 1.21. The average molecular weight is 167 g/mol. The zero-order valence-electron chi connectivity index (χ0n) is 5.22. The quantitative estimate of drug-likeness (QED) is 0.580. The first-order valence-electron chi connectivity index (χ1n) is 2.58. The van der Waals surface area contributed by atoms with E-state index in [0.717, 1.165) is 0 Å². The summed E-state index contributed by atoms with van der Waals surface area (Å²) in [6, 6.07) is 0. The van der Waals surface area contributed by atoms with Crippen molar-refractivity contribution < 1.29 is 23.1 Å². The molecule has 0 aliphatic carbocycles. The zero-order valence-corrected chi connectivity index (χ0v) is 5.22. The number of halogens is 3. The van der Waals surface area contributed by atoms with E-state index >= 15 is 0 Å². The van der Waals surface area contributed by atoms with Gasteiger partial charge in [0.2, 0.25) is 0 Å². The van der Waals surface area contributed by atoms with E-state index in [4.69, 9.17) is 5.11 Å². The van der Waals surface area contributed by atoms with Crippen LogP contribution >= 0.6 is 0 Å². The van der Waals surface area contributed by atoms with Gasteiger partial charge in [0.25, 0.3) is 0 Å². The van der Waals surface area contributed by atoms with E-state index in [1.54, 1.807) is 0 Å². The van der Waals surface area contributed by atoms with Gasteiger partial charge in [0.15, 0.2) is 0 Å². The highest BCUT2D eigenvalue weighted by atomic mass is 19.4. The summed E-state index contributed by atoms with van der Waals surface area (Å²) in [6.45, 7) is 2.93. The van der Waals surface area contributed by atoms with Crippen LogP contribution in [-0.2, 0) is 4.84 Å². The number of aliphatic hydroxyl groups is 1. The first kappa shape index (κ1) is 8.06. The van der Waals surface area contributed by atoms with E-state index in [9.17, 15) is 13.2 Å².